The number of nitrogens with zero attached hydrogens (tertiary/aromatic N) is 1. The number of nitrogens with one attached hydrogen (secondary N) is 1. The molecule has 0 radical (unpaired) electrons. The molecule has 2 rings (SSSR count). The van der Waals surface area contributed by atoms with E-state index in [4.69, 9.17) is 17.3 Å². The van der Waals surface area contributed by atoms with Gasteiger partial charge in [-0.15, -0.1) is 4.83 Å². The Morgan fingerprint density at radius 3 is 2.48 bits per heavy atom. The van der Waals surface area contributed by atoms with Gasteiger partial charge in [-0.3, -0.25) is 0 Å². The van der Waals surface area contributed by atoms with Gasteiger partial charge < -0.3 is 5.73 Å². The molecule has 1 heterocycles. The fraction of sp³-hybridized carbons (Fsp3) is 0.538. The summed E-state index contributed by atoms with van der Waals surface area (Å²) in [6.45, 7) is 3.91. The third-order valence-electron chi connectivity index (χ3n) is 3.76. The Bertz CT molecular complexity index is 629. The average molecular weight is 336 g/mol. The molecular formula is C13H19ClFN3O2S. The molecule has 0 aromatic heterocycles. The fourth-order valence-electron chi connectivity index (χ4n) is 2.54. The number of anilines is 1. The molecule has 0 aliphatic carbocycles. The second-order valence-electron chi connectivity index (χ2n) is 5.44. The second kappa shape index (κ2) is 6.08. The summed E-state index contributed by atoms with van der Waals surface area (Å²) in [6, 6.07) is 2.12. The quantitative estimate of drug-likeness (QED) is 0.832. The highest BCUT2D eigenvalue weighted by Crippen LogP contribution is 2.28. The maximum atomic E-state index is 13.3. The first-order valence-electron chi connectivity index (χ1n) is 6.77. The molecule has 2 unspecified atom stereocenters. The Balaban J connectivity index is 2.32. The van der Waals surface area contributed by atoms with Gasteiger partial charge in [-0.2, -0.15) is 0 Å². The SMILES string of the molecule is CC1CCCC(C)N1NS(=O)(=O)c1cc(N)c(F)cc1Cl. The van der Waals surface area contributed by atoms with Crippen molar-refractivity contribution in [3.63, 3.8) is 0 Å². The smallest absolute Gasteiger partial charge is 0.255 e. The first-order chi connectivity index (χ1) is 9.72. The molecule has 3 N–H and O–H groups in total. The summed E-state index contributed by atoms with van der Waals surface area (Å²) >= 11 is 5.84. The number of rotatable bonds is 3. The van der Waals surface area contributed by atoms with Gasteiger partial charge in [0, 0.05) is 12.1 Å². The summed E-state index contributed by atoms with van der Waals surface area (Å²) < 4.78 is 38.2. The largest absolute Gasteiger partial charge is 0.396 e. The zero-order valence-corrected chi connectivity index (χ0v) is 13.5. The lowest BCUT2D eigenvalue weighted by Gasteiger charge is -2.38. The zero-order chi connectivity index (χ0) is 15.8. The summed E-state index contributed by atoms with van der Waals surface area (Å²) in [5.41, 5.74) is 5.18. The minimum atomic E-state index is -3.90. The van der Waals surface area contributed by atoms with E-state index in [1.807, 2.05) is 13.8 Å². The van der Waals surface area contributed by atoms with Crippen LogP contribution in [-0.4, -0.2) is 25.5 Å². The molecule has 8 heteroatoms. The summed E-state index contributed by atoms with van der Waals surface area (Å²) in [7, 11) is -3.90. The predicted octanol–water partition coefficient (Wildman–Crippen LogP) is 2.52. The van der Waals surface area contributed by atoms with Crippen molar-refractivity contribution >= 4 is 27.3 Å². The van der Waals surface area contributed by atoms with E-state index in [0.29, 0.717) is 0 Å². The van der Waals surface area contributed by atoms with Crippen LogP contribution in [0.2, 0.25) is 5.02 Å². The third kappa shape index (κ3) is 3.48. The van der Waals surface area contributed by atoms with Crippen LogP contribution in [0.15, 0.2) is 17.0 Å². The lowest BCUT2D eigenvalue weighted by atomic mass is 10.0. The molecule has 1 aromatic rings. The fourth-order valence-corrected chi connectivity index (χ4v) is 4.33. The van der Waals surface area contributed by atoms with Gasteiger partial charge in [0.25, 0.3) is 10.0 Å². The number of nitrogen functional groups attached to an aromatic ring is 1. The van der Waals surface area contributed by atoms with Gasteiger partial charge in [0.2, 0.25) is 0 Å². The van der Waals surface area contributed by atoms with Gasteiger partial charge >= 0.3 is 0 Å². The molecule has 5 nitrogen and oxygen atoms in total. The van der Waals surface area contributed by atoms with E-state index in [-0.39, 0.29) is 27.7 Å². The molecule has 1 fully saturated rings. The first-order valence-corrected chi connectivity index (χ1v) is 8.64. The minimum absolute atomic E-state index is 0.0834. The molecular weight excluding hydrogens is 317 g/mol. The lowest BCUT2D eigenvalue weighted by Crippen LogP contribution is -2.53. The third-order valence-corrected chi connectivity index (χ3v) is 5.55. The van der Waals surface area contributed by atoms with Crippen LogP contribution in [0.1, 0.15) is 33.1 Å². The van der Waals surface area contributed by atoms with E-state index in [9.17, 15) is 12.8 Å². The molecule has 1 saturated heterocycles. The molecule has 2 atom stereocenters. The van der Waals surface area contributed by atoms with Crippen molar-refractivity contribution in [3.05, 3.63) is 23.0 Å². The van der Waals surface area contributed by atoms with E-state index in [2.05, 4.69) is 4.83 Å². The number of benzene rings is 1. The van der Waals surface area contributed by atoms with Crippen LogP contribution in [-0.2, 0) is 10.0 Å². The molecule has 0 saturated carbocycles. The van der Waals surface area contributed by atoms with E-state index in [0.717, 1.165) is 31.4 Å². The molecule has 118 valence electrons. The van der Waals surface area contributed by atoms with Gasteiger partial charge in [-0.25, -0.2) is 17.8 Å². The van der Waals surface area contributed by atoms with Crippen molar-refractivity contribution < 1.29 is 12.8 Å². The molecule has 1 aromatic carbocycles. The van der Waals surface area contributed by atoms with E-state index in [1.165, 1.54) is 0 Å². The van der Waals surface area contributed by atoms with Gasteiger partial charge in [0.15, 0.2) is 0 Å². The number of hydrazine groups is 1. The zero-order valence-electron chi connectivity index (χ0n) is 11.9. The molecule has 0 spiro atoms. The van der Waals surface area contributed by atoms with Crippen molar-refractivity contribution in [3.8, 4) is 0 Å². The minimum Gasteiger partial charge on any atom is -0.396 e. The molecule has 0 amide bonds. The Kier molecular flexibility index (Phi) is 4.77. The van der Waals surface area contributed by atoms with Crippen LogP contribution in [0.5, 0.6) is 0 Å². The van der Waals surface area contributed by atoms with Crippen LogP contribution in [0.4, 0.5) is 10.1 Å². The van der Waals surface area contributed by atoms with Crippen LogP contribution >= 0.6 is 11.6 Å². The summed E-state index contributed by atoms with van der Waals surface area (Å²) in [5, 5.41) is 1.51. The van der Waals surface area contributed by atoms with Crippen molar-refractivity contribution in [1.82, 2.24) is 9.84 Å². The summed E-state index contributed by atoms with van der Waals surface area (Å²) in [6.07, 6.45) is 2.88. The Labute approximate surface area is 129 Å². The Morgan fingerprint density at radius 2 is 1.90 bits per heavy atom. The number of nitrogens with two attached hydrogens (primary N) is 1. The van der Waals surface area contributed by atoms with E-state index in [1.54, 1.807) is 5.01 Å². The van der Waals surface area contributed by atoms with Crippen molar-refractivity contribution in [2.24, 2.45) is 0 Å². The van der Waals surface area contributed by atoms with Crippen LogP contribution < -0.4 is 10.6 Å². The van der Waals surface area contributed by atoms with Crippen LogP contribution in [0.3, 0.4) is 0 Å². The van der Waals surface area contributed by atoms with Gasteiger partial charge in [-0.1, -0.05) is 18.0 Å². The van der Waals surface area contributed by atoms with Crippen molar-refractivity contribution in [2.75, 3.05) is 5.73 Å². The maximum absolute atomic E-state index is 13.3. The molecule has 21 heavy (non-hydrogen) atoms. The number of piperidine rings is 1. The highest BCUT2D eigenvalue weighted by atomic mass is 35.5. The number of sulfonamides is 1. The molecule has 1 aliphatic heterocycles. The van der Waals surface area contributed by atoms with Gasteiger partial charge in [0.1, 0.15) is 10.7 Å². The maximum Gasteiger partial charge on any atom is 0.255 e. The number of halogens is 2. The Morgan fingerprint density at radius 1 is 1.33 bits per heavy atom. The Hall–Kier alpha value is -0.890. The predicted molar refractivity (Wildman–Crippen MR) is 80.8 cm³/mol. The van der Waals surface area contributed by atoms with Crippen LogP contribution in [0, 0.1) is 5.82 Å². The number of hydrogen-bond acceptors (Lipinski definition) is 4. The van der Waals surface area contributed by atoms with Crippen molar-refractivity contribution in [2.45, 2.75) is 50.1 Å². The lowest BCUT2D eigenvalue weighted by molar-refractivity contribution is 0.0790. The normalized spacial score (nSPS) is 24.2. The van der Waals surface area contributed by atoms with E-state index < -0.39 is 15.8 Å². The second-order valence-corrected chi connectivity index (χ2v) is 7.47. The molecule has 1 aliphatic rings. The highest BCUT2D eigenvalue weighted by Gasteiger charge is 2.30. The van der Waals surface area contributed by atoms with E-state index >= 15 is 0 Å². The average Bonchev–Trinajstić information content (AvgIpc) is 2.38. The standard InChI is InChI=1S/C13H19ClFN3O2S/c1-8-4-3-5-9(2)18(8)17-21(19,20)13-7-12(16)11(15)6-10(13)14/h6-9,17H,3-5,16H2,1-2H3. The topological polar surface area (TPSA) is 75.4 Å². The monoisotopic (exact) mass is 335 g/mol. The van der Waals surface area contributed by atoms with Gasteiger partial charge in [0.05, 0.1) is 10.7 Å². The summed E-state index contributed by atoms with van der Waals surface area (Å²) in [4.78, 5) is 2.33. The number of hydrogen-bond donors (Lipinski definition) is 2. The van der Waals surface area contributed by atoms with Crippen LogP contribution in [0.25, 0.3) is 0 Å². The molecule has 0 bridgehead atoms. The van der Waals surface area contributed by atoms with Crippen molar-refractivity contribution in [1.29, 1.82) is 0 Å². The first kappa shape index (κ1) is 16.5. The highest BCUT2D eigenvalue weighted by molar-refractivity contribution is 7.89. The van der Waals surface area contributed by atoms with Gasteiger partial charge in [-0.05, 0) is 38.8 Å². The summed E-state index contributed by atoms with van der Waals surface area (Å²) in [5.74, 6) is -0.737.